The summed E-state index contributed by atoms with van der Waals surface area (Å²) in [7, 11) is -3.20. The van der Waals surface area contributed by atoms with Crippen LogP contribution >= 0.6 is 11.8 Å². The average Bonchev–Trinajstić information content (AvgIpc) is 2.81. The van der Waals surface area contributed by atoms with E-state index < -0.39 is 15.6 Å². The molecule has 1 aliphatic heterocycles. The maximum atomic E-state index is 12.6. The number of imide groups is 1. The Morgan fingerprint density at radius 2 is 2.12 bits per heavy atom. The Bertz CT molecular complexity index is 752. The quantitative estimate of drug-likeness (QED) is 0.525. The highest BCUT2D eigenvalue weighted by molar-refractivity contribution is 8.01. The van der Waals surface area contributed by atoms with E-state index in [1.54, 1.807) is 6.07 Å². The first-order valence-electron chi connectivity index (χ1n) is 7.63. The summed E-state index contributed by atoms with van der Waals surface area (Å²) in [4.78, 5) is 25.9. The van der Waals surface area contributed by atoms with Crippen LogP contribution in [0, 0.1) is 0 Å². The third-order valence-electron chi connectivity index (χ3n) is 3.44. The van der Waals surface area contributed by atoms with Gasteiger partial charge in [0, 0.05) is 12.5 Å². The van der Waals surface area contributed by atoms with Crippen LogP contribution in [0.3, 0.4) is 0 Å². The molecule has 1 N–H and O–H groups in total. The summed E-state index contributed by atoms with van der Waals surface area (Å²) in [6, 6.07) is 5.75. The molecule has 0 saturated carbocycles. The summed E-state index contributed by atoms with van der Waals surface area (Å²) in [6.07, 6.45) is 0.0979. The molecule has 0 bridgehead atoms. The standard InChI is InChI=1S/C15H20N2O6S2/c1-4-16-10(2)24-13-9-14(18)17(15(13)19)11-6-5-7-12(8-11)23-25(20,21)22-3/h5-8,10,13,16H,4,9H2,1-3H3/t10-,13?/m1/s1. The summed E-state index contributed by atoms with van der Waals surface area (Å²) >= 11 is 1.39. The normalized spacial score (nSPS) is 19.3. The molecule has 1 aromatic rings. The van der Waals surface area contributed by atoms with Gasteiger partial charge in [-0.1, -0.05) is 13.0 Å². The lowest BCUT2D eigenvalue weighted by Gasteiger charge is -2.18. The Kier molecular flexibility index (Phi) is 6.44. The van der Waals surface area contributed by atoms with E-state index >= 15 is 0 Å². The van der Waals surface area contributed by atoms with Gasteiger partial charge in [-0.15, -0.1) is 11.8 Å². The molecule has 1 aliphatic rings. The largest absolute Gasteiger partial charge is 0.448 e. The second-order valence-electron chi connectivity index (χ2n) is 5.25. The first kappa shape index (κ1) is 19.7. The van der Waals surface area contributed by atoms with E-state index in [9.17, 15) is 18.0 Å². The van der Waals surface area contributed by atoms with E-state index in [0.29, 0.717) is 0 Å². The third-order valence-corrected chi connectivity index (χ3v) is 5.52. The van der Waals surface area contributed by atoms with Gasteiger partial charge in [-0.25, -0.2) is 9.08 Å². The average molecular weight is 388 g/mol. The predicted octanol–water partition coefficient (Wildman–Crippen LogP) is 1.28. The number of carbonyl (C=O) groups excluding carboxylic acids is 2. The topological polar surface area (TPSA) is 102 Å². The number of anilines is 1. The van der Waals surface area contributed by atoms with Crippen molar-refractivity contribution in [3.8, 4) is 5.75 Å². The summed E-state index contributed by atoms with van der Waals surface area (Å²) in [5, 5.41) is 2.74. The van der Waals surface area contributed by atoms with Crippen molar-refractivity contribution in [3.05, 3.63) is 24.3 Å². The van der Waals surface area contributed by atoms with Crippen LogP contribution in [0.4, 0.5) is 5.69 Å². The molecule has 2 atom stereocenters. The minimum absolute atomic E-state index is 0.0354. The Hall–Kier alpha value is -1.62. The summed E-state index contributed by atoms with van der Waals surface area (Å²) in [5.41, 5.74) is 0.262. The van der Waals surface area contributed by atoms with Crippen LogP contribution < -0.4 is 14.4 Å². The van der Waals surface area contributed by atoms with Gasteiger partial charge in [0.25, 0.3) is 0 Å². The van der Waals surface area contributed by atoms with Gasteiger partial charge in [0.2, 0.25) is 11.8 Å². The molecule has 1 aromatic carbocycles. The van der Waals surface area contributed by atoms with Crippen molar-refractivity contribution in [2.24, 2.45) is 0 Å². The highest BCUT2D eigenvalue weighted by Gasteiger charge is 2.40. The molecule has 2 rings (SSSR count). The highest BCUT2D eigenvalue weighted by Crippen LogP contribution is 2.32. The fourth-order valence-corrected chi connectivity index (χ4v) is 4.01. The number of thioether (sulfide) groups is 1. The Labute approximate surface area is 151 Å². The Morgan fingerprint density at radius 1 is 1.40 bits per heavy atom. The maximum absolute atomic E-state index is 12.6. The van der Waals surface area contributed by atoms with E-state index in [-0.39, 0.29) is 35.0 Å². The zero-order valence-electron chi connectivity index (χ0n) is 14.1. The predicted molar refractivity (Wildman–Crippen MR) is 94.6 cm³/mol. The molecule has 138 valence electrons. The van der Waals surface area contributed by atoms with Crippen molar-refractivity contribution >= 4 is 39.7 Å². The smallest absolute Gasteiger partial charge is 0.362 e. The van der Waals surface area contributed by atoms with Gasteiger partial charge >= 0.3 is 10.4 Å². The van der Waals surface area contributed by atoms with Gasteiger partial charge in [0.05, 0.1) is 23.4 Å². The van der Waals surface area contributed by atoms with Crippen molar-refractivity contribution < 1.29 is 26.4 Å². The zero-order valence-corrected chi connectivity index (χ0v) is 15.7. The van der Waals surface area contributed by atoms with Crippen LogP contribution in [-0.2, 0) is 24.2 Å². The van der Waals surface area contributed by atoms with E-state index in [1.807, 2.05) is 13.8 Å². The molecule has 2 amide bonds. The second kappa shape index (κ2) is 8.17. The lowest BCUT2D eigenvalue weighted by molar-refractivity contribution is -0.121. The zero-order chi connectivity index (χ0) is 18.6. The van der Waals surface area contributed by atoms with Gasteiger partial charge in [-0.2, -0.15) is 8.42 Å². The molecule has 0 aliphatic carbocycles. The fourth-order valence-electron chi connectivity index (χ4n) is 2.39. The van der Waals surface area contributed by atoms with Crippen molar-refractivity contribution in [1.82, 2.24) is 5.32 Å². The number of nitrogens with zero attached hydrogens (tertiary/aromatic N) is 1. The van der Waals surface area contributed by atoms with Crippen LogP contribution in [-0.4, -0.2) is 44.5 Å². The minimum atomic E-state index is -4.17. The molecule has 0 radical (unpaired) electrons. The number of benzene rings is 1. The molecule has 0 aromatic heterocycles. The van der Waals surface area contributed by atoms with Crippen molar-refractivity contribution in [2.45, 2.75) is 30.9 Å². The Balaban J connectivity index is 2.18. The van der Waals surface area contributed by atoms with E-state index in [2.05, 4.69) is 9.50 Å². The summed E-state index contributed by atoms with van der Waals surface area (Å²) in [6.45, 7) is 4.66. The van der Waals surface area contributed by atoms with Gasteiger partial charge in [0.1, 0.15) is 5.75 Å². The molecular formula is C15H20N2O6S2. The Morgan fingerprint density at radius 3 is 2.76 bits per heavy atom. The molecule has 1 fully saturated rings. The van der Waals surface area contributed by atoms with Crippen molar-refractivity contribution in [2.75, 3.05) is 18.6 Å². The highest BCUT2D eigenvalue weighted by atomic mass is 32.3. The molecule has 8 nitrogen and oxygen atoms in total. The number of hydrogen-bond acceptors (Lipinski definition) is 8. The first-order valence-corrected chi connectivity index (χ1v) is 9.90. The molecule has 0 spiro atoms. The van der Waals surface area contributed by atoms with E-state index in [1.165, 1.54) is 30.0 Å². The van der Waals surface area contributed by atoms with Gasteiger partial charge in [-0.05, 0) is 25.6 Å². The molecule has 10 heteroatoms. The van der Waals surface area contributed by atoms with Gasteiger partial charge in [-0.3, -0.25) is 9.59 Å². The summed E-state index contributed by atoms with van der Waals surface area (Å²) in [5.74, 6) is -0.707. The van der Waals surface area contributed by atoms with E-state index in [4.69, 9.17) is 4.18 Å². The number of nitrogens with one attached hydrogen (secondary N) is 1. The molecule has 1 saturated heterocycles. The lowest BCUT2D eigenvalue weighted by Crippen LogP contribution is -2.33. The second-order valence-corrected chi connectivity index (χ2v) is 8.12. The van der Waals surface area contributed by atoms with Crippen LogP contribution in [0.25, 0.3) is 0 Å². The molecule has 25 heavy (non-hydrogen) atoms. The number of hydrogen-bond donors (Lipinski definition) is 1. The van der Waals surface area contributed by atoms with Gasteiger partial charge < -0.3 is 9.50 Å². The molecule has 1 heterocycles. The van der Waals surface area contributed by atoms with Crippen LogP contribution in [0.2, 0.25) is 0 Å². The van der Waals surface area contributed by atoms with E-state index in [0.717, 1.165) is 18.6 Å². The third kappa shape index (κ3) is 4.94. The number of rotatable bonds is 8. The van der Waals surface area contributed by atoms with Crippen molar-refractivity contribution in [1.29, 1.82) is 0 Å². The van der Waals surface area contributed by atoms with Crippen molar-refractivity contribution in [3.63, 3.8) is 0 Å². The van der Waals surface area contributed by atoms with Gasteiger partial charge in [0.15, 0.2) is 0 Å². The number of amides is 2. The monoisotopic (exact) mass is 388 g/mol. The molecular weight excluding hydrogens is 368 g/mol. The van der Waals surface area contributed by atoms with Crippen LogP contribution in [0.1, 0.15) is 20.3 Å². The fraction of sp³-hybridized carbons (Fsp3) is 0.467. The maximum Gasteiger partial charge on any atom is 0.448 e. The van der Waals surface area contributed by atoms with Crippen LogP contribution in [0.15, 0.2) is 24.3 Å². The lowest BCUT2D eigenvalue weighted by atomic mass is 10.3. The SMILES string of the molecule is CCN[C@@H](C)SC1CC(=O)N(c2cccc(OS(=O)(=O)OC)c2)C1=O. The summed E-state index contributed by atoms with van der Waals surface area (Å²) < 4.78 is 31.7. The van der Waals surface area contributed by atoms with Crippen LogP contribution in [0.5, 0.6) is 5.75 Å². The molecule has 1 unspecified atom stereocenters. The minimum Gasteiger partial charge on any atom is -0.362 e. The number of carbonyl (C=O) groups is 2. The first-order chi connectivity index (χ1) is 11.8.